The molecule has 0 saturated heterocycles. The average Bonchev–Trinajstić information content (AvgIpc) is 3.38. The molecular weight excluding hydrogens is 360 g/mol. The minimum Gasteiger partial charge on any atom is -0.348 e. The Labute approximate surface area is 162 Å². The Morgan fingerprint density at radius 1 is 1.18 bits per heavy atom. The molecule has 9 heteroatoms. The molecule has 9 nitrogen and oxygen atoms in total. The molecule has 1 fully saturated rings. The minimum absolute atomic E-state index is 0.0831. The van der Waals surface area contributed by atoms with Crippen LogP contribution < -0.4 is 16.0 Å². The molecule has 0 aliphatic heterocycles. The highest BCUT2D eigenvalue weighted by molar-refractivity contribution is 5.94. The third kappa shape index (κ3) is 4.93. The zero-order valence-electron chi connectivity index (χ0n) is 16.0. The van der Waals surface area contributed by atoms with Crippen molar-refractivity contribution in [2.45, 2.75) is 45.6 Å². The van der Waals surface area contributed by atoms with Crippen molar-refractivity contribution >= 4 is 23.4 Å². The number of aromatic nitrogens is 3. The van der Waals surface area contributed by atoms with Crippen molar-refractivity contribution in [2.75, 3.05) is 11.9 Å². The van der Waals surface area contributed by atoms with E-state index in [1.54, 1.807) is 28.9 Å². The molecule has 1 heterocycles. The molecule has 1 aromatic carbocycles. The highest BCUT2D eigenvalue weighted by Crippen LogP contribution is 2.21. The summed E-state index contributed by atoms with van der Waals surface area (Å²) in [6.45, 7) is 3.31. The molecule has 3 amide bonds. The van der Waals surface area contributed by atoms with Crippen LogP contribution >= 0.6 is 0 Å². The van der Waals surface area contributed by atoms with Gasteiger partial charge in [0.05, 0.1) is 17.9 Å². The van der Waals surface area contributed by atoms with Crippen LogP contribution in [0.15, 0.2) is 24.3 Å². The summed E-state index contributed by atoms with van der Waals surface area (Å²) in [6.07, 6.45) is 3.56. The first-order valence-electron chi connectivity index (χ1n) is 9.38. The van der Waals surface area contributed by atoms with Crippen LogP contribution in [0.25, 0.3) is 5.69 Å². The molecule has 0 spiro atoms. The van der Waals surface area contributed by atoms with E-state index in [9.17, 15) is 14.4 Å². The smallest absolute Gasteiger partial charge is 0.273 e. The van der Waals surface area contributed by atoms with E-state index in [2.05, 4.69) is 26.3 Å². The number of rotatable bonds is 8. The number of carbonyl (C=O) groups is 3. The summed E-state index contributed by atoms with van der Waals surface area (Å²) < 4.78 is 1.66. The maximum Gasteiger partial charge on any atom is 0.273 e. The first-order chi connectivity index (χ1) is 13.5. The van der Waals surface area contributed by atoms with E-state index in [1.165, 1.54) is 6.92 Å². The number of hydrogen-bond acceptors (Lipinski definition) is 5. The summed E-state index contributed by atoms with van der Waals surface area (Å²) in [7, 11) is 0. The lowest BCUT2D eigenvalue weighted by Gasteiger charge is -2.09. The monoisotopic (exact) mass is 384 g/mol. The lowest BCUT2D eigenvalue weighted by atomic mass is 10.2. The summed E-state index contributed by atoms with van der Waals surface area (Å²) in [5, 5.41) is 16.4. The Morgan fingerprint density at radius 2 is 1.89 bits per heavy atom. The van der Waals surface area contributed by atoms with E-state index in [0.29, 0.717) is 17.8 Å². The fraction of sp³-hybridized carbons (Fsp3) is 0.421. The molecule has 1 aliphatic rings. The van der Waals surface area contributed by atoms with Crippen molar-refractivity contribution in [1.82, 2.24) is 25.6 Å². The molecule has 28 heavy (non-hydrogen) atoms. The van der Waals surface area contributed by atoms with Gasteiger partial charge in [-0.3, -0.25) is 14.4 Å². The fourth-order valence-corrected chi connectivity index (χ4v) is 2.72. The van der Waals surface area contributed by atoms with Gasteiger partial charge in [0, 0.05) is 18.7 Å². The van der Waals surface area contributed by atoms with E-state index in [-0.39, 0.29) is 30.3 Å². The molecule has 1 aromatic heterocycles. The van der Waals surface area contributed by atoms with Crippen LogP contribution in [-0.2, 0) is 16.0 Å². The van der Waals surface area contributed by atoms with Crippen LogP contribution in [0.2, 0.25) is 0 Å². The summed E-state index contributed by atoms with van der Waals surface area (Å²) in [5.74, 6) is -0.755. The maximum absolute atomic E-state index is 12.4. The van der Waals surface area contributed by atoms with Crippen molar-refractivity contribution in [3.05, 3.63) is 35.7 Å². The van der Waals surface area contributed by atoms with Crippen molar-refractivity contribution in [1.29, 1.82) is 0 Å². The van der Waals surface area contributed by atoms with Gasteiger partial charge in [-0.15, -0.1) is 5.10 Å². The molecule has 1 aliphatic carbocycles. The van der Waals surface area contributed by atoms with Crippen molar-refractivity contribution in [3.63, 3.8) is 0 Å². The van der Waals surface area contributed by atoms with Gasteiger partial charge in [-0.05, 0) is 43.5 Å². The summed E-state index contributed by atoms with van der Waals surface area (Å²) >= 11 is 0. The largest absolute Gasteiger partial charge is 0.348 e. The van der Waals surface area contributed by atoms with Gasteiger partial charge in [-0.1, -0.05) is 18.6 Å². The summed E-state index contributed by atoms with van der Waals surface area (Å²) in [6, 6.07) is 7.33. The number of anilines is 1. The lowest BCUT2D eigenvalue weighted by molar-refractivity contribution is -0.122. The first kappa shape index (κ1) is 19.5. The van der Waals surface area contributed by atoms with E-state index in [4.69, 9.17) is 0 Å². The number of benzene rings is 1. The first-order valence-corrected chi connectivity index (χ1v) is 9.38. The van der Waals surface area contributed by atoms with E-state index >= 15 is 0 Å². The van der Waals surface area contributed by atoms with Gasteiger partial charge in [-0.2, -0.15) is 0 Å². The predicted molar refractivity (Wildman–Crippen MR) is 103 cm³/mol. The molecule has 3 N–H and O–H groups in total. The molecule has 0 atom stereocenters. The zero-order chi connectivity index (χ0) is 20.1. The topological polar surface area (TPSA) is 118 Å². The number of hydrogen-bond donors (Lipinski definition) is 3. The van der Waals surface area contributed by atoms with E-state index in [0.717, 1.165) is 30.6 Å². The number of amides is 3. The van der Waals surface area contributed by atoms with Gasteiger partial charge >= 0.3 is 0 Å². The molecule has 1 saturated carbocycles. The van der Waals surface area contributed by atoms with Gasteiger partial charge in [0.15, 0.2) is 5.69 Å². The van der Waals surface area contributed by atoms with Gasteiger partial charge < -0.3 is 16.0 Å². The molecule has 0 radical (unpaired) electrons. The fourth-order valence-electron chi connectivity index (χ4n) is 2.72. The third-order valence-corrected chi connectivity index (χ3v) is 4.27. The van der Waals surface area contributed by atoms with Crippen LogP contribution in [-0.4, -0.2) is 45.3 Å². The molecule has 2 aromatic rings. The van der Waals surface area contributed by atoms with Crippen LogP contribution in [0.4, 0.5) is 5.69 Å². The Bertz CT molecular complexity index is 870. The molecular formula is C19H24N6O3. The quantitative estimate of drug-likeness (QED) is 0.632. The van der Waals surface area contributed by atoms with Crippen LogP contribution in [0, 0.1) is 0 Å². The third-order valence-electron chi connectivity index (χ3n) is 4.27. The van der Waals surface area contributed by atoms with Crippen LogP contribution in [0.1, 0.15) is 49.3 Å². The number of carbonyl (C=O) groups excluding carboxylic acids is 3. The van der Waals surface area contributed by atoms with Crippen LogP contribution in [0.3, 0.4) is 0 Å². The normalized spacial score (nSPS) is 13.1. The van der Waals surface area contributed by atoms with E-state index in [1.807, 2.05) is 6.92 Å². The summed E-state index contributed by atoms with van der Waals surface area (Å²) in [4.78, 5) is 35.1. The van der Waals surface area contributed by atoms with Gasteiger partial charge in [-0.25, -0.2) is 4.68 Å². The highest BCUT2D eigenvalue weighted by atomic mass is 16.2. The maximum atomic E-state index is 12.4. The predicted octanol–water partition coefficient (Wildman–Crippen LogP) is 1.19. The standard InChI is InChI=1S/C19H24N6O3/c1-3-4-16-18(19(28)22-14-5-6-14)23-24-25(16)15-9-7-13(8-10-15)21-17(27)11-20-12(2)26/h7-10,14H,3-6,11H2,1-2H3,(H,20,26)(H,21,27)(H,22,28). The SMILES string of the molecule is CCCc1c(C(=O)NC2CC2)nnn1-c1ccc(NC(=O)CNC(C)=O)cc1. The Kier molecular flexibility index (Phi) is 6.03. The van der Waals surface area contributed by atoms with Crippen molar-refractivity contribution in [2.24, 2.45) is 0 Å². The molecule has 148 valence electrons. The highest BCUT2D eigenvalue weighted by Gasteiger charge is 2.27. The number of nitrogens with one attached hydrogen (secondary N) is 3. The van der Waals surface area contributed by atoms with E-state index < -0.39 is 0 Å². The molecule has 0 unspecified atom stereocenters. The van der Waals surface area contributed by atoms with Crippen molar-refractivity contribution < 1.29 is 14.4 Å². The van der Waals surface area contributed by atoms with Crippen LogP contribution in [0.5, 0.6) is 0 Å². The molecule has 3 rings (SSSR count). The summed E-state index contributed by atoms with van der Waals surface area (Å²) in [5.41, 5.74) is 2.48. The van der Waals surface area contributed by atoms with Crippen molar-refractivity contribution in [3.8, 4) is 5.69 Å². The minimum atomic E-state index is -0.311. The average molecular weight is 384 g/mol. The second kappa shape index (κ2) is 8.64. The van der Waals surface area contributed by atoms with Gasteiger partial charge in [0.25, 0.3) is 5.91 Å². The lowest BCUT2D eigenvalue weighted by Crippen LogP contribution is -2.31. The Morgan fingerprint density at radius 3 is 2.50 bits per heavy atom. The zero-order valence-corrected chi connectivity index (χ0v) is 16.0. The Hall–Kier alpha value is -3.23. The Balaban J connectivity index is 1.73. The second-order valence-electron chi connectivity index (χ2n) is 6.80. The van der Waals surface area contributed by atoms with Gasteiger partial charge in [0.2, 0.25) is 11.8 Å². The second-order valence-corrected chi connectivity index (χ2v) is 6.80. The number of nitrogens with zero attached hydrogens (tertiary/aromatic N) is 3. The molecule has 0 bridgehead atoms. The van der Waals surface area contributed by atoms with Gasteiger partial charge in [0.1, 0.15) is 0 Å².